The van der Waals surface area contributed by atoms with E-state index < -0.39 is 23.1 Å². The number of carboxylic acids is 2. The summed E-state index contributed by atoms with van der Waals surface area (Å²) in [6.45, 7) is 23.8. The number of carbonyl (C=O) groups is 2. The highest BCUT2D eigenvalue weighted by molar-refractivity contribution is 5.63. The van der Waals surface area contributed by atoms with Crippen molar-refractivity contribution >= 4 is 23.3 Å². The summed E-state index contributed by atoms with van der Waals surface area (Å²) in [6.07, 6.45) is 0. The van der Waals surface area contributed by atoms with E-state index in [0.717, 1.165) is 66.2 Å². The Morgan fingerprint density at radius 3 is 1.82 bits per heavy atom. The van der Waals surface area contributed by atoms with Crippen LogP contribution in [0.2, 0.25) is 0 Å². The lowest BCUT2D eigenvalue weighted by molar-refractivity contribution is -0.135. The number of aryl methyl sites for hydroxylation is 1. The van der Waals surface area contributed by atoms with E-state index in [1.54, 1.807) is 0 Å². The van der Waals surface area contributed by atoms with Crippen LogP contribution in [0.3, 0.4) is 0 Å². The largest absolute Gasteiger partial charge is 0.481 e. The molecule has 0 saturated carbocycles. The van der Waals surface area contributed by atoms with Gasteiger partial charge in [-0.2, -0.15) is 0 Å². The molecule has 39 heavy (non-hydrogen) atoms. The molecule has 0 aliphatic carbocycles. The Labute approximate surface area is 234 Å². The van der Waals surface area contributed by atoms with Gasteiger partial charge in [-0.15, -0.1) is 0 Å². The minimum atomic E-state index is -0.833. The van der Waals surface area contributed by atoms with Crippen molar-refractivity contribution in [1.82, 2.24) is 9.80 Å². The van der Waals surface area contributed by atoms with E-state index >= 15 is 0 Å². The number of hydrogen-bond donors (Lipinski definition) is 4. The van der Waals surface area contributed by atoms with Crippen LogP contribution in [-0.2, 0) is 9.59 Å². The molecule has 3 rings (SSSR count). The molecule has 2 aliphatic heterocycles. The number of piperazine rings is 2. The van der Waals surface area contributed by atoms with E-state index in [0.29, 0.717) is 12.1 Å². The van der Waals surface area contributed by atoms with Crippen LogP contribution in [0.25, 0.3) is 0 Å². The first-order valence-electron chi connectivity index (χ1n) is 13.7. The maximum atomic E-state index is 10.2. The van der Waals surface area contributed by atoms with E-state index in [-0.39, 0.29) is 0 Å². The van der Waals surface area contributed by atoms with Gasteiger partial charge in [0, 0.05) is 89.7 Å². The highest BCUT2D eigenvalue weighted by Crippen LogP contribution is 2.30. The third kappa shape index (κ3) is 13.5. The number of nitrogens with zero attached hydrogens (tertiary/aromatic N) is 4. The topological polar surface area (TPSA) is 128 Å². The summed E-state index contributed by atoms with van der Waals surface area (Å²) in [5.74, 6) is -1.67. The standard InChI is InChI=1S/C25H44N4O2.2C2H4O2/c1-19-14-22(29-13-10-26(15-21(29)3)17-24(4,5)30)8-9-23(19)27-11-12-28(20(2)16-27)18-25(6,7)31;2*1-2(3)4/h8-9,14,20-21,30-31H,10-13,15-18H2,1-7H3;2*1H3,(H,3,4)/t20-,21+;;/m0../s1. The molecule has 0 spiro atoms. The molecular formula is C29H52N4O6. The van der Waals surface area contributed by atoms with Crippen molar-refractivity contribution in [2.24, 2.45) is 0 Å². The zero-order chi connectivity index (χ0) is 30.1. The average molecular weight is 553 g/mol. The zero-order valence-corrected chi connectivity index (χ0v) is 25.4. The van der Waals surface area contributed by atoms with Gasteiger partial charge in [-0.25, -0.2) is 0 Å². The average Bonchev–Trinajstić information content (AvgIpc) is 2.72. The monoisotopic (exact) mass is 552 g/mol. The van der Waals surface area contributed by atoms with Crippen LogP contribution in [-0.4, -0.2) is 118 Å². The summed E-state index contributed by atoms with van der Waals surface area (Å²) in [6, 6.07) is 7.75. The van der Waals surface area contributed by atoms with Gasteiger partial charge in [0.05, 0.1) is 11.2 Å². The number of aliphatic hydroxyl groups is 2. The summed E-state index contributed by atoms with van der Waals surface area (Å²) in [4.78, 5) is 27.8. The van der Waals surface area contributed by atoms with Gasteiger partial charge in [0.15, 0.2) is 0 Å². The van der Waals surface area contributed by atoms with Crippen LogP contribution in [0.5, 0.6) is 0 Å². The predicted molar refractivity (Wildman–Crippen MR) is 157 cm³/mol. The molecule has 2 fully saturated rings. The summed E-state index contributed by atoms with van der Waals surface area (Å²) < 4.78 is 0. The van der Waals surface area contributed by atoms with Crippen LogP contribution >= 0.6 is 0 Å². The Bertz CT molecular complexity index is 907. The molecule has 0 radical (unpaired) electrons. The van der Waals surface area contributed by atoms with Gasteiger partial charge in [0.1, 0.15) is 0 Å². The molecule has 1 aromatic rings. The molecule has 0 unspecified atom stereocenters. The molecule has 2 aliphatic rings. The highest BCUT2D eigenvalue weighted by atomic mass is 16.4. The first kappa shape index (κ1) is 34.6. The second-order valence-electron chi connectivity index (χ2n) is 12.2. The number of carboxylic acid groups (broad SMARTS) is 2. The number of β-amino-alcohol motifs (C(OH)–C–C–N with tert-alkyl or cyclic N) is 2. The SMILES string of the molecule is CC(=O)O.CC(=O)O.Cc1cc(N2CCN(CC(C)(C)O)C[C@H]2C)ccc1N1CCN(CC(C)(C)O)[C@@H](C)C1. The van der Waals surface area contributed by atoms with Crippen molar-refractivity contribution < 1.29 is 30.0 Å². The molecule has 10 nitrogen and oxygen atoms in total. The molecule has 10 heteroatoms. The number of hydrogen-bond acceptors (Lipinski definition) is 8. The van der Waals surface area contributed by atoms with Gasteiger partial charge in [0.25, 0.3) is 11.9 Å². The number of aliphatic carboxylic acids is 2. The van der Waals surface area contributed by atoms with Gasteiger partial charge in [-0.05, 0) is 72.2 Å². The Balaban J connectivity index is 0.000000838. The predicted octanol–water partition coefficient (Wildman–Crippen LogP) is 2.74. The Hall–Kier alpha value is -2.40. The fourth-order valence-electron chi connectivity index (χ4n) is 5.23. The van der Waals surface area contributed by atoms with Crippen LogP contribution in [0.4, 0.5) is 11.4 Å². The van der Waals surface area contributed by atoms with Gasteiger partial charge < -0.3 is 30.2 Å². The van der Waals surface area contributed by atoms with E-state index in [4.69, 9.17) is 19.8 Å². The Morgan fingerprint density at radius 2 is 1.38 bits per heavy atom. The molecule has 0 amide bonds. The molecule has 1 aromatic carbocycles. The molecule has 2 saturated heterocycles. The molecule has 0 bridgehead atoms. The minimum Gasteiger partial charge on any atom is -0.481 e. The molecule has 4 N–H and O–H groups in total. The van der Waals surface area contributed by atoms with Crippen molar-refractivity contribution in [2.75, 3.05) is 62.2 Å². The second kappa shape index (κ2) is 14.8. The summed E-state index contributed by atoms with van der Waals surface area (Å²) >= 11 is 0. The van der Waals surface area contributed by atoms with E-state index in [2.05, 4.69) is 58.6 Å². The lowest BCUT2D eigenvalue weighted by atomic mass is 10.0. The van der Waals surface area contributed by atoms with Crippen molar-refractivity contribution in [2.45, 2.75) is 85.6 Å². The van der Waals surface area contributed by atoms with E-state index in [1.165, 1.54) is 16.9 Å². The normalized spacial score (nSPS) is 20.9. The molecule has 0 aromatic heterocycles. The van der Waals surface area contributed by atoms with Gasteiger partial charge in [-0.1, -0.05) is 0 Å². The fraction of sp³-hybridized carbons (Fsp3) is 0.724. The van der Waals surface area contributed by atoms with E-state index in [1.807, 2.05) is 27.7 Å². The van der Waals surface area contributed by atoms with Crippen molar-refractivity contribution in [3.05, 3.63) is 23.8 Å². The first-order chi connectivity index (χ1) is 17.8. The summed E-state index contributed by atoms with van der Waals surface area (Å²) in [5.41, 5.74) is 2.65. The maximum absolute atomic E-state index is 10.2. The van der Waals surface area contributed by atoms with Crippen molar-refractivity contribution in [3.8, 4) is 0 Å². The summed E-state index contributed by atoms with van der Waals surface area (Å²) in [5, 5.41) is 35.2. The van der Waals surface area contributed by atoms with Crippen LogP contribution in [0.1, 0.15) is 61.0 Å². The van der Waals surface area contributed by atoms with Gasteiger partial charge in [0.2, 0.25) is 0 Å². The smallest absolute Gasteiger partial charge is 0.300 e. The van der Waals surface area contributed by atoms with Crippen LogP contribution < -0.4 is 9.80 Å². The van der Waals surface area contributed by atoms with Gasteiger partial charge in [-0.3, -0.25) is 19.4 Å². The molecular weight excluding hydrogens is 500 g/mol. The molecule has 2 atom stereocenters. The zero-order valence-electron chi connectivity index (χ0n) is 25.4. The van der Waals surface area contributed by atoms with Crippen molar-refractivity contribution in [1.29, 1.82) is 0 Å². The van der Waals surface area contributed by atoms with Crippen LogP contribution in [0.15, 0.2) is 18.2 Å². The quantitative estimate of drug-likeness (QED) is 0.418. The van der Waals surface area contributed by atoms with Crippen LogP contribution in [0, 0.1) is 6.92 Å². The second-order valence-corrected chi connectivity index (χ2v) is 12.2. The number of anilines is 2. The lowest BCUT2D eigenvalue weighted by Gasteiger charge is -2.44. The van der Waals surface area contributed by atoms with E-state index in [9.17, 15) is 10.2 Å². The first-order valence-corrected chi connectivity index (χ1v) is 13.7. The number of rotatable bonds is 6. The minimum absolute atomic E-state index is 0.420. The van der Waals surface area contributed by atoms with Gasteiger partial charge >= 0.3 is 0 Å². The third-order valence-electron chi connectivity index (χ3n) is 6.53. The maximum Gasteiger partial charge on any atom is 0.300 e. The lowest BCUT2D eigenvalue weighted by Crippen LogP contribution is -2.55. The number of benzene rings is 1. The fourth-order valence-corrected chi connectivity index (χ4v) is 5.23. The Morgan fingerprint density at radius 1 is 0.846 bits per heavy atom. The highest BCUT2D eigenvalue weighted by Gasteiger charge is 2.30. The third-order valence-corrected chi connectivity index (χ3v) is 6.53. The molecule has 2 heterocycles. The Kier molecular flexibility index (Phi) is 13.2. The molecule has 224 valence electrons. The van der Waals surface area contributed by atoms with Crippen molar-refractivity contribution in [3.63, 3.8) is 0 Å². The summed E-state index contributed by atoms with van der Waals surface area (Å²) in [7, 11) is 0.